The largest absolute Gasteiger partial charge is 0.453 e. The van der Waals surface area contributed by atoms with Gasteiger partial charge in [-0.3, -0.25) is 4.79 Å². The van der Waals surface area contributed by atoms with Crippen molar-refractivity contribution < 1.29 is 9.53 Å². The molecule has 110 valence electrons. The summed E-state index contributed by atoms with van der Waals surface area (Å²) in [6.07, 6.45) is 0.257. The van der Waals surface area contributed by atoms with Crippen LogP contribution < -0.4 is 0 Å². The number of carbonyl (C=O) groups is 1. The molecular formula is C12H8Cl6O2. The topological polar surface area (TPSA) is 26.3 Å². The minimum atomic E-state index is -1.57. The van der Waals surface area contributed by atoms with Crippen LogP contribution in [0.15, 0.2) is 10.1 Å². The third-order valence-corrected chi connectivity index (χ3v) is 7.68. The molecule has 2 rings (SSSR count). The Hall–Kier alpha value is 0.510. The van der Waals surface area contributed by atoms with Crippen LogP contribution in [0.1, 0.15) is 13.3 Å². The Morgan fingerprint density at radius 2 is 1.90 bits per heavy atom. The molecule has 0 heterocycles. The smallest absolute Gasteiger partial charge is 0.303 e. The van der Waals surface area contributed by atoms with Crippen molar-refractivity contribution in [3.63, 3.8) is 0 Å². The number of halogens is 6. The third-order valence-electron chi connectivity index (χ3n) is 3.40. The first-order valence-corrected chi connectivity index (χ1v) is 7.79. The lowest BCUT2D eigenvalue weighted by molar-refractivity contribution is -0.139. The molecule has 2 aliphatic carbocycles. The summed E-state index contributed by atoms with van der Waals surface area (Å²) in [5.41, 5.74) is 0. The van der Waals surface area contributed by atoms with Gasteiger partial charge >= 0.3 is 5.97 Å². The van der Waals surface area contributed by atoms with E-state index in [-0.39, 0.29) is 23.1 Å². The van der Waals surface area contributed by atoms with E-state index in [1.807, 2.05) is 0 Å². The van der Waals surface area contributed by atoms with Gasteiger partial charge in [0.1, 0.15) is 9.75 Å². The van der Waals surface area contributed by atoms with Crippen LogP contribution in [-0.4, -0.2) is 26.7 Å². The number of rotatable bonds is 1. The second-order valence-corrected chi connectivity index (χ2v) is 7.90. The maximum atomic E-state index is 10.7. The average molecular weight is 397 g/mol. The molecule has 3 unspecified atom stereocenters. The van der Waals surface area contributed by atoms with Crippen LogP contribution in [-0.2, 0) is 9.53 Å². The molecule has 0 spiro atoms. The van der Waals surface area contributed by atoms with Crippen LogP contribution in [0.5, 0.6) is 0 Å². The van der Waals surface area contributed by atoms with Crippen molar-refractivity contribution >= 4 is 75.6 Å². The molecule has 0 N–H and O–H groups in total. The fraction of sp³-hybridized carbons (Fsp3) is 0.583. The van der Waals surface area contributed by atoms with Crippen molar-refractivity contribution in [3.8, 4) is 11.8 Å². The predicted octanol–water partition coefficient (Wildman–Crippen LogP) is 4.40. The number of hydrogen-bond donors (Lipinski definition) is 0. The van der Waals surface area contributed by atoms with Gasteiger partial charge in [0.05, 0.1) is 10.1 Å². The van der Waals surface area contributed by atoms with Crippen molar-refractivity contribution in [2.45, 2.75) is 27.4 Å². The van der Waals surface area contributed by atoms with Gasteiger partial charge < -0.3 is 4.74 Å². The lowest BCUT2D eigenvalue weighted by atomic mass is 9.93. The Morgan fingerprint density at radius 3 is 2.35 bits per heavy atom. The molecule has 0 aromatic rings. The highest BCUT2D eigenvalue weighted by atomic mass is 35.5. The molecular weight excluding hydrogens is 389 g/mol. The molecule has 20 heavy (non-hydrogen) atoms. The first-order valence-electron chi connectivity index (χ1n) is 5.52. The summed E-state index contributed by atoms with van der Waals surface area (Å²) >= 11 is 37.7. The van der Waals surface area contributed by atoms with Crippen molar-refractivity contribution in [3.05, 3.63) is 10.1 Å². The SMILES string of the molecule is CC(=O)OCC#CC1CC2(Cl)C(Cl)=C(Cl)C1(Cl)C2(Cl)Cl. The summed E-state index contributed by atoms with van der Waals surface area (Å²) < 4.78 is 3.14. The van der Waals surface area contributed by atoms with Crippen LogP contribution in [0.3, 0.4) is 0 Å². The van der Waals surface area contributed by atoms with Crippen LogP contribution >= 0.6 is 69.6 Å². The third kappa shape index (κ3) is 2.06. The van der Waals surface area contributed by atoms with Gasteiger partial charge in [0.15, 0.2) is 10.9 Å². The number of fused-ring (bicyclic) bond motifs is 2. The first kappa shape index (κ1) is 16.9. The number of ether oxygens (including phenoxy) is 1. The lowest BCUT2D eigenvalue weighted by Crippen LogP contribution is -2.44. The Morgan fingerprint density at radius 1 is 1.30 bits per heavy atom. The molecule has 0 radical (unpaired) electrons. The van der Waals surface area contributed by atoms with E-state index < -0.39 is 26.0 Å². The highest BCUT2D eigenvalue weighted by molar-refractivity contribution is 6.65. The van der Waals surface area contributed by atoms with Gasteiger partial charge in [-0.25, -0.2) is 0 Å². The summed E-state index contributed by atoms with van der Waals surface area (Å²) in [5, 5.41) is 0.262. The molecule has 2 bridgehead atoms. The average Bonchev–Trinajstić information content (AvgIpc) is 2.56. The van der Waals surface area contributed by atoms with Crippen molar-refractivity contribution in [2.24, 2.45) is 5.92 Å². The maximum Gasteiger partial charge on any atom is 0.303 e. The molecule has 3 atom stereocenters. The fourth-order valence-corrected chi connectivity index (χ4v) is 5.08. The summed E-state index contributed by atoms with van der Waals surface area (Å²) in [6, 6.07) is 0. The molecule has 0 amide bonds. The van der Waals surface area contributed by atoms with Gasteiger partial charge in [0.2, 0.25) is 0 Å². The Labute approximate surface area is 146 Å². The van der Waals surface area contributed by atoms with E-state index in [0.29, 0.717) is 0 Å². The zero-order chi connectivity index (χ0) is 15.3. The molecule has 1 saturated carbocycles. The molecule has 1 fully saturated rings. The van der Waals surface area contributed by atoms with Gasteiger partial charge in [-0.05, 0) is 6.42 Å². The zero-order valence-corrected chi connectivity index (χ0v) is 14.6. The summed E-state index contributed by atoms with van der Waals surface area (Å²) in [5.74, 6) is 4.61. The molecule has 2 aliphatic rings. The quantitative estimate of drug-likeness (QED) is 0.373. The minimum absolute atomic E-state index is 0.0548. The highest BCUT2D eigenvalue weighted by Crippen LogP contribution is 2.74. The standard InChI is InChI=1S/C12H8Cl6O2/c1-6(19)20-4-2-3-7-5-10(15)8(13)9(14)11(7,16)12(10,17)18/h7H,4-5H2,1H3. The second-order valence-electron chi connectivity index (χ2n) is 4.57. The van der Waals surface area contributed by atoms with Gasteiger partial charge in [0.25, 0.3) is 0 Å². The molecule has 0 aliphatic heterocycles. The summed E-state index contributed by atoms with van der Waals surface area (Å²) in [6.45, 7) is 1.23. The van der Waals surface area contributed by atoms with Crippen LogP contribution in [0.4, 0.5) is 0 Å². The minimum Gasteiger partial charge on any atom is -0.453 e. The number of alkyl halides is 4. The van der Waals surface area contributed by atoms with E-state index in [1.165, 1.54) is 6.92 Å². The number of allylic oxidation sites excluding steroid dienone is 2. The van der Waals surface area contributed by atoms with Gasteiger partial charge in [0, 0.05) is 12.8 Å². The maximum absolute atomic E-state index is 10.7. The van der Waals surface area contributed by atoms with Crippen molar-refractivity contribution in [1.29, 1.82) is 0 Å². The van der Waals surface area contributed by atoms with E-state index in [1.54, 1.807) is 0 Å². The van der Waals surface area contributed by atoms with Crippen LogP contribution in [0.2, 0.25) is 0 Å². The Balaban J connectivity index is 2.31. The van der Waals surface area contributed by atoms with Crippen LogP contribution in [0.25, 0.3) is 0 Å². The molecule has 0 saturated heterocycles. The van der Waals surface area contributed by atoms with Gasteiger partial charge in [-0.1, -0.05) is 58.2 Å². The molecule has 0 aromatic heterocycles. The van der Waals surface area contributed by atoms with E-state index in [0.717, 1.165) is 0 Å². The highest BCUT2D eigenvalue weighted by Gasteiger charge is 2.78. The summed E-state index contributed by atoms with van der Waals surface area (Å²) in [7, 11) is 0. The predicted molar refractivity (Wildman–Crippen MR) is 82.9 cm³/mol. The second kappa shape index (κ2) is 5.30. The number of hydrogen-bond acceptors (Lipinski definition) is 2. The number of carbonyl (C=O) groups excluding carboxylic acids is 1. The molecule has 2 nitrogen and oxygen atoms in total. The van der Waals surface area contributed by atoms with Crippen LogP contribution in [0, 0.1) is 17.8 Å². The summed E-state index contributed by atoms with van der Waals surface area (Å²) in [4.78, 5) is 8.01. The van der Waals surface area contributed by atoms with Crippen molar-refractivity contribution in [1.82, 2.24) is 0 Å². The molecule has 0 aromatic carbocycles. The zero-order valence-electron chi connectivity index (χ0n) is 10.1. The first-order chi connectivity index (χ1) is 9.09. The fourth-order valence-electron chi connectivity index (χ4n) is 2.36. The Kier molecular flexibility index (Phi) is 4.47. The van der Waals surface area contributed by atoms with Gasteiger partial charge in [-0.2, -0.15) is 0 Å². The molecule has 8 heteroatoms. The van der Waals surface area contributed by atoms with E-state index in [4.69, 9.17) is 74.3 Å². The van der Waals surface area contributed by atoms with Gasteiger partial charge in [-0.15, -0.1) is 23.2 Å². The van der Waals surface area contributed by atoms with Crippen molar-refractivity contribution in [2.75, 3.05) is 6.61 Å². The van der Waals surface area contributed by atoms with E-state index in [2.05, 4.69) is 11.8 Å². The van der Waals surface area contributed by atoms with E-state index in [9.17, 15) is 4.79 Å². The normalized spacial score (nSPS) is 37.6. The number of esters is 1. The van der Waals surface area contributed by atoms with E-state index >= 15 is 0 Å². The Bertz CT molecular complexity index is 560. The monoisotopic (exact) mass is 394 g/mol. The lowest BCUT2D eigenvalue weighted by Gasteiger charge is -2.31.